The van der Waals surface area contributed by atoms with Gasteiger partial charge in [0.15, 0.2) is 0 Å². The minimum absolute atomic E-state index is 0.163. The number of hydrogen-bond acceptors (Lipinski definition) is 2. The SMILES string of the molecule is CCC(O)(CC)CNC(=O)NCCc1ccc(F)cc1F. The molecule has 0 heterocycles. The lowest BCUT2D eigenvalue weighted by molar-refractivity contribution is 0.0349. The summed E-state index contributed by atoms with van der Waals surface area (Å²) in [6.45, 7) is 4.09. The van der Waals surface area contributed by atoms with E-state index in [-0.39, 0.29) is 19.5 Å². The van der Waals surface area contributed by atoms with E-state index in [0.717, 1.165) is 6.07 Å². The maximum absolute atomic E-state index is 13.4. The molecule has 0 aliphatic carbocycles. The average Bonchev–Trinajstić information content (AvgIpc) is 2.47. The zero-order chi connectivity index (χ0) is 15.9. The van der Waals surface area contributed by atoms with Crippen LogP contribution in [0.2, 0.25) is 0 Å². The summed E-state index contributed by atoms with van der Waals surface area (Å²) in [6.07, 6.45) is 1.36. The fourth-order valence-electron chi connectivity index (χ4n) is 1.84. The molecule has 0 spiro atoms. The molecule has 118 valence electrons. The monoisotopic (exact) mass is 300 g/mol. The number of carbonyl (C=O) groups excluding carboxylic acids is 1. The maximum atomic E-state index is 13.4. The normalized spacial score (nSPS) is 11.3. The molecule has 21 heavy (non-hydrogen) atoms. The van der Waals surface area contributed by atoms with E-state index in [1.807, 2.05) is 13.8 Å². The van der Waals surface area contributed by atoms with Crippen LogP contribution in [0.25, 0.3) is 0 Å². The first kappa shape index (κ1) is 17.4. The van der Waals surface area contributed by atoms with Gasteiger partial charge in [0.1, 0.15) is 11.6 Å². The van der Waals surface area contributed by atoms with Gasteiger partial charge in [-0.15, -0.1) is 0 Å². The Morgan fingerprint density at radius 1 is 1.24 bits per heavy atom. The highest BCUT2D eigenvalue weighted by molar-refractivity contribution is 5.73. The molecule has 0 radical (unpaired) electrons. The first-order chi connectivity index (χ1) is 9.90. The fourth-order valence-corrected chi connectivity index (χ4v) is 1.84. The number of amides is 2. The summed E-state index contributed by atoms with van der Waals surface area (Å²) in [6, 6.07) is 2.94. The molecule has 0 aliphatic heterocycles. The largest absolute Gasteiger partial charge is 0.388 e. The molecule has 4 nitrogen and oxygen atoms in total. The minimum Gasteiger partial charge on any atom is -0.388 e. The van der Waals surface area contributed by atoms with E-state index in [0.29, 0.717) is 18.4 Å². The van der Waals surface area contributed by atoms with Gasteiger partial charge >= 0.3 is 6.03 Å². The Morgan fingerprint density at radius 2 is 1.90 bits per heavy atom. The number of aliphatic hydroxyl groups is 1. The van der Waals surface area contributed by atoms with Crippen molar-refractivity contribution < 1.29 is 18.7 Å². The van der Waals surface area contributed by atoms with Crippen LogP contribution in [-0.4, -0.2) is 29.8 Å². The lowest BCUT2D eigenvalue weighted by Gasteiger charge is -2.25. The highest BCUT2D eigenvalue weighted by Crippen LogP contribution is 2.12. The van der Waals surface area contributed by atoms with Gasteiger partial charge in [0.2, 0.25) is 0 Å². The molecular formula is C15H22F2N2O2. The number of hydrogen-bond donors (Lipinski definition) is 3. The third-order valence-electron chi connectivity index (χ3n) is 3.59. The predicted molar refractivity (Wildman–Crippen MR) is 77.0 cm³/mol. The van der Waals surface area contributed by atoms with Crippen molar-refractivity contribution in [2.45, 2.75) is 38.7 Å². The van der Waals surface area contributed by atoms with Crippen LogP contribution in [0.5, 0.6) is 0 Å². The average molecular weight is 300 g/mol. The van der Waals surface area contributed by atoms with Crippen molar-refractivity contribution in [3.63, 3.8) is 0 Å². The van der Waals surface area contributed by atoms with Gasteiger partial charge in [-0.25, -0.2) is 13.6 Å². The molecular weight excluding hydrogens is 278 g/mol. The second-order valence-corrected chi connectivity index (χ2v) is 5.03. The number of nitrogens with one attached hydrogen (secondary N) is 2. The van der Waals surface area contributed by atoms with Gasteiger partial charge < -0.3 is 15.7 Å². The fraction of sp³-hybridized carbons (Fsp3) is 0.533. The Balaban J connectivity index is 2.34. The third-order valence-corrected chi connectivity index (χ3v) is 3.59. The number of rotatable bonds is 7. The summed E-state index contributed by atoms with van der Waals surface area (Å²) >= 11 is 0. The smallest absolute Gasteiger partial charge is 0.314 e. The molecule has 0 unspecified atom stereocenters. The van der Waals surface area contributed by atoms with Crippen LogP contribution >= 0.6 is 0 Å². The summed E-state index contributed by atoms with van der Waals surface area (Å²) < 4.78 is 26.1. The zero-order valence-electron chi connectivity index (χ0n) is 12.4. The van der Waals surface area contributed by atoms with E-state index >= 15 is 0 Å². The van der Waals surface area contributed by atoms with Crippen molar-refractivity contribution in [1.29, 1.82) is 0 Å². The van der Waals surface area contributed by atoms with Crippen LogP contribution in [0, 0.1) is 11.6 Å². The standard InChI is InChI=1S/C15H22F2N2O2/c1-3-15(21,4-2)10-19-14(20)18-8-7-11-5-6-12(16)9-13(11)17/h5-6,9,21H,3-4,7-8,10H2,1-2H3,(H2,18,19,20). The summed E-state index contributed by atoms with van der Waals surface area (Å²) in [5, 5.41) is 15.2. The van der Waals surface area contributed by atoms with E-state index in [2.05, 4.69) is 10.6 Å². The Morgan fingerprint density at radius 3 is 2.48 bits per heavy atom. The molecule has 1 aromatic carbocycles. The van der Waals surface area contributed by atoms with Crippen LogP contribution in [0.3, 0.4) is 0 Å². The van der Waals surface area contributed by atoms with Gasteiger partial charge in [-0.05, 0) is 30.9 Å². The molecule has 0 bridgehead atoms. The third kappa shape index (κ3) is 5.67. The Kier molecular flexibility index (Phi) is 6.55. The quantitative estimate of drug-likeness (QED) is 0.724. The van der Waals surface area contributed by atoms with Crippen LogP contribution in [0.15, 0.2) is 18.2 Å². The molecule has 0 aliphatic rings. The van der Waals surface area contributed by atoms with Gasteiger partial charge in [0.25, 0.3) is 0 Å². The van der Waals surface area contributed by atoms with Crippen molar-refractivity contribution >= 4 is 6.03 Å². The molecule has 1 rings (SSSR count). The van der Waals surface area contributed by atoms with Crippen LogP contribution in [0.1, 0.15) is 32.3 Å². The molecule has 0 saturated heterocycles. The second-order valence-electron chi connectivity index (χ2n) is 5.03. The molecule has 3 N–H and O–H groups in total. The summed E-state index contributed by atoms with van der Waals surface area (Å²) in [5.74, 6) is -1.25. The summed E-state index contributed by atoms with van der Waals surface area (Å²) in [4.78, 5) is 11.6. The predicted octanol–water partition coefficient (Wildman–Crippen LogP) is 2.36. The molecule has 0 aromatic heterocycles. The first-order valence-electron chi connectivity index (χ1n) is 7.08. The molecule has 0 atom stereocenters. The molecule has 1 aromatic rings. The van der Waals surface area contributed by atoms with E-state index < -0.39 is 23.3 Å². The molecule has 2 amide bonds. The van der Waals surface area contributed by atoms with E-state index in [9.17, 15) is 18.7 Å². The van der Waals surface area contributed by atoms with E-state index in [1.54, 1.807) is 0 Å². The number of benzene rings is 1. The topological polar surface area (TPSA) is 61.4 Å². The van der Waals surface area contributed by atoms with Crippen molar-refractivity contribution in [3.8, 4) is 0 Å². The molecule has 0 fully saturated rings. The van der Waals surface area contributed by atoms with Crippen LogP contribution in [-0.2, 0) is 6.42 Å². The lowest BCUT2D eigenvalue weighted by Crippen LogP contribution is -2.46. The Labute approximate surface area is 123 Å². The Bertz CT molecular complexity index is 477. The van der Waals surface area contributed by atoms with Crippen LogP contribution in [0.4, 0.5) is 13.6 Å². The lowest BCUT2D eigenvalue weighted by atomic mass is 9.98. The number of carbonyl (C=O) groups is 1. The second kappa shape index (κ2) is 7.93. The minimum atomic E-state index is -0.902. The number of halogens is 2. The zero-order valence-corrected chi connectivity index (χ0v) is 12.4. The highest BCUT2D eigenvalue weighted by Gasteiger charge is 2.22. The van der Waals surface area contributed by atoms with E-state index in [4.69, 9.17) is 0 Å². The van der Waals surface area contributed by atoms with Gasteiger partial charge in [-0.2, -0.15) is 0 Å². The van der Waals surface area contributed by atoms with Gasteiger partial charge in [-0.3, -0.25) is 0 Å². The molecule has 0 saturated carbocycles. The van der Waals surface area contributed by atoms with Crippen molar-refractivity contribution in [3.05, 3.63) is 35.4 Å². The van der Waals surface area contributed by atoms with E-state index in [1.165, 1.54) is 12.1 Å². The number of urea groups is 1. The van der Waals surface area contributed by atoms with Crippen LogP contribution < -0.4 is 10.6 Å². The van der Waals surface area contributed by atoms with Crippen molar-refractivity contribution in [2.24, 2.45) is 0 Å². The Hall–Kier alpha value is -1.69. The van der Waals surface area contributed by atoms with Gasteiger partial charge in [0, 0.05) is 19.2 Å². The summed E-state index contributed by atoms with van der Waals surface area (Å²) in [7, 11) is 0. The maximum Gasteiger partial charge on any atom is 0.314 e. The first-order valence-corrected chi connectivity index (χ1v) is 7.08. The van der Waals surface area contributed by atoms with Crippen molar-refractivity contribution in [2.75, 3.05) is 13.1 Å². The van der Waals surface area contributed by atoms with Gasteiger partial charge in [-0.1, -0.05) is 19.9 Å². The summed E-state index contributed by atoms with van der Waals surface area (Å²) in [5.41, 5.74) is -0.559. The highest BCUT2D eigenvalue weighted by atomic mass is 19.1. The van der Waals surface area contributed by atoms with Crippen molar-refractivity contribution in [1.82, 2.24) is 10.6 Å². The van der Waals surface area contributed by atoms with Gasteiger partial charge in [0.05, 0.1) is 5.60 Å². The molecule has 6 heteroatoms.